The SMILES string of the molecule is CO[C@@H]1[C@@H](N)C12CCOCC2. The third-order valence-corrected chi connectivity index (χ3v) is 3.13. The summed E-state index contributed by atoms with van der Waals surface area (Å²) in [5.41, 5.74) is 6.19. The van der Waals surface area contributed by atoms with E-state index in [1.54, 1.807) is 7.11 Å². The van der Waals surface area contributed by atoms with Crippen LogP contribution >= 0.6 is 0 Å². The highest BCUT2D eigenvalue weighted by atomic mass is 16.5. The molecule has 0 bridgehead atoms. The van der Waals surface area contributed by atoms with Crippen molar-refractivity contribution in [2.75, 3.05) is 20.3 Å². The van der Waals surface area contributed by atoms with Crippen molar-refractivity contribution in [3.8, 4) is 0 Å². The Bertz CT molecular complexity index is 154. The lowest BCUT2D eigenvalue weighted by molar-refractivity contribution is 0.0300. The summed E-state index contributed by atoms with van der Waals surface area (Å²) in [5.74, 6) is 0. The maximum absolute atomic E-state index is 5.91. The fraction of sp³-hybridized carbons (Fsp3) is 1.00. The number of nitrogens with two attached hydrogens (primary N) is 1. The predicted octanol–water partition coefficient (Wildman–Crippen LogP) is 0.139. The highest BCUT2D eigenvalue weighted by Crippen LogP contribution is 2.53. The van der Waals surface area contributed by atoms with Crippen molar-refractivity contribution in [3.63, 3.8) is 0 Å². The molecule has 2 rings (SSSR count). The molecule has 1 aliphatic heterocycles. The van der Waals surface area contributed by atoms with Crippen molar-refractivity contribution in [1.29, 1.82) is 0 Å². The van der Waals surface area contributed by atoms with E-state index in [1.165, 1.54) is 0 Å². The molecule has 3 heteroatoms. The number of rotatable bonds is 1. The first kappa shape index (κ1) is 7.53. The van der Waals surface area contributed by atoms with Crippen molar-refractivity contribution in [3.05, 3.63) is 0 Å². The molecular formula is C8H15NO2. The fourth-order valence-electron chi connectivity index (χ4n) is 2.23. The fourth-order valence-corrected chi connectivity index (χ4v) is 2.23. The van der Waals surface area contributed by atoms with Crippen LogP contribution in [0.25, 0.3) is 0 Å². The lowest BCUT2D eigenvalue weighted by Gasteiger charge is -2.22. The van der Waals surface area contributed by atoms with E-state index in [2.05, 4.69) is 0 Å². The first-order valence-electron chi connectivity index (χ1n) is 4.17. The molecule has 1 saturated heterocycles. The molecule has 11 heavy (non-hydrogen) atoms. The highest BCUT2D eigenvalue weighted by Gasteiger charge is 2.63. The van der Waals surface area contributed by atoms with Crippen LogP contribution in [-0.2, 0) is 9.47 Å². The van der Waals surface area contributed by atoms with Crippen LogP contribution in [0.4, 0.5) is 0 Å². The van der Waals surface area contributed by atoms with Gasteiger partial charge in [-0.1, -0.05) is 0 Å². The van der Waals surface area contributed by atoms with Gasteiger partial charge in [-0.2, -0.15) is 0 Å². The first-order valence-corrected chi connectivity index (χ1v) is 4.17. The molecule has 0 aromatic carbocycles. The van der Waals surface area contributed by atoms with Gasteiger partial charge in [0.05, 0.1) is 6.10 Å². The van der Waals surface area contributed by atoms with Crippen molar-refractivity contribution in [2.45, 2.75) is 25.0 Å². The van der Waals surface area contributed by atoms with Crippen LogP contribution < -0.4 is 5.73 Å². The van der Waals surface area contributed by atoms with E-state index in [-0.39, 0.29) is 11.5 Å². The van der Waals surface area contributed by atoms with Crippen LogP contribution in [-0.4, -0.2) is 32.5 Å². The number of ether oxygens (including phenoxy) is 2. The predicted molar refractivity (Wildman–Crippen MR) is 41.3 cm³/mol. The van der Waals surface area contributed by atoms with Gasteiger partial charge < -0.3 is 15.2 Å². The molecule has 2 N–H and O–H groups in total. The quantitative estimate of drug-likeness (QED) is 0.589. The van der Waals surface area contributed by atoms with Gasteiger partial charge in [0.2, 0.25) is 0 Å². The lowest BCUT2D eigenvalue weighted by Crippen LogP contribution is -2.23. The zero-order valence-electron chi connectivity index (χ0n) is 6.88. The number of hydrogen-bond acceptors (Lipinski definition) is 3. The maximum atomic E-state index is 5.91. The standard InChI is InChI=1S/C8H15NO2/c1-10-7-6(9)8(7)2-4-11-5-3-8/h6-7H,2-5,9H2,1H3/t6-,7-/m1/s1. The molecule has 0 amide bonds. The van der Waals surface area contributed by atoms with Crippen molar-refractivity contribution >= 4 is 0 Å². The van der Waals surface area contributed by atoms with Gasteiger partial charge in [0.15, 0.2) is 0 Å². The molecule has 2 fully saturated rings. The third-order valence-electron chi connectivity index (χ3n) is 3.13. The normalized spacial score (nSPS) is 40.9. The van der Waals surface area contributed by atoms with Crippen LogP contribution in [0.1, 0.15) is 12.8 Å². The van der Waals surface area contributed by atoms with Crippen LogP contribution in [0.15, 0.2) is 0 Å². The van der Waals surface area contributed by atoms with Crippen LogP contribution in [0.2, 0.25) is 0 Å². The molecule has 3 nitrogen and oxygen atoms in total. The van der Waals surface area contributed by atoms with Gasteiger partial charge in [0, 0.05) is 31.8 Å². The molecule has 1 aliphatic carbocycles. The number of hydrogen-bond donors (Lipinski definition) is 1. The summed E-state index contributed by atoms with van der Waals surface area (Å²) in [6, 6.07) is 0.261. The third kappa shape index (κ3) is 0.916. The topological polar surface area (TPSA) is 44.5 Å². The molecule has 0 radical (unpaired) electrons. The van der Waals surface area contributed by atoms with E-state index >= 15 is 0 Å². The lowest BCUT2D eigenvalue weighted by atomic mass is 9.96. The van der Waals surface area contributed by atoms with Crippen molar-refractivity contribution < 1.29 is 9.47 Å². The minimum Gasteiger partial charge on any atom is -0.381 e. The molecule has 1 spiro atoms. The van der Waals surface area contributed by atoms with E-state index in [0.29, 0.717) is 6.10 Å². The second-order valence-electron chi connectivity index (χ2n) is 3.53. The van der Waals surface area contributed by atoms with Gasteiger partial charge in [-0.05, 0) is 12.8 Å². The first-order chi connectivity index (χ1) is 5.31. The van der Waals surface area contributed by atoms with E-state index in [4.69, 9.17) is 15.2 Å². The molecule has 0 unspecified atom stereocenters. The zero-order valence-corrected chi connectivity index (χ0v) is 6.88. The average molecular weight is 157 g/mol. The second kappa shape index (κ2) is 2.44. The Morgan fingerprint density at radius 2 is 2.09 bits per heavy atom. The van der Waals surface area contributed by atoms with Gasteiger partial charge >= 0.3 is 0 Å². The average Bonchev–Trinajstić information content (AvgIpc) is 2.57. The Balaban J connectivity index is 2.01. The summed E-state index contributed by atoms with van der Waals surface area (Å²) < 4.78 is 10.6. The molecule has 2 atom stereocenters. The Kier molecular flexibility index (Phi) is 1.67. The summed E-state index contributed by atoms with van der Waals surface area (Å²) in [5, 5.41) is 0. The molecule has 64 valence electrons. The molecule has 0 aromatic rings. The van der Waals surface area contributed by atoms with Crippen molar-refractivity contribution in [2.24, 2.45) is 11.1 Å². The highest BCUT2D eigenvalue weighted by molar-refractivity contribution is 5.16. The van der Waals surface area contributed by atoms with E-state index < -0.39 is 0 Å². The van der Waals surface area contributed by atoms with E-state index in [1.807, 2.05) is 0 Å². The summed E-state index contributed by atoms with van der Waals surface area (Å²) in [6.07, 6.45) is 2.45. The number of methoxy groups -OCH3 is 1. The summed E-state index contributed by atoms with van der Waals surface area (Å²) in [6.45, 7) is 1.71. The van der Waals surface area contributed by atoms with Gasteiger partial charge in [-0.3, -0.25) is 0 Å². The minimum absolute atomic E-state index is 0.261. The van der Waals surface area contributed by atoms with E-state index in [0.717, 1.165) is 26.1 Å². The summed E-state index contributed by atoms with van der Waals surface area (Å²) in [7, 11) is 1.74. The van der Waals surface area contributed by atoms with E-state index in [9.17, 15) is 0 Å². The van der Waals surface area contributed by atoms with Crippen LogP contribution in [0, 0.1) is 5.41 Å². The largest absolute Gasteiger partial charge is 0.381 e. The van der Waals surface area contributed by atoms with Crippen LogP contribution in [0.3, 0.4) is 0 Å². The zero-order chi connectivity index (χ0) is 7.90. The Morgan fingerprint density at radius 1 is 1.45 bits per heavy atom. The Labute approximate surface area is 66.8 Å². The maximum Gasteiger partial charge on any atom is 0.0802 e. The second-order valence-corrected chi connectivity index (χ2v) is 3.53. The van der Waals surface area contributed by atoms with Gasteiger partial charge in [0.25, 0.3) is 0 Å². The molecule has 0 aromatic heterocycles. The van der Waals surface area contributed by atoms with Gasteiger partial charge in [-0.25, -0.2) is 0 Å². The van der Waals surface area contributed by atoms with Gasteiger partial charge in [-0.15, -0.1) is 0 Å². The monoisotopic (exact) mass is 157 g/mol. The molecule has 1 saturated carbocycles. The Hall–Kier alpha value is -0.120. The molecule has 2 aliphatic rings. The summed E-state index contributed by atoms with van der Waals surface area (Å²) >= 11 is 0. The van der Waals surface area contributed by atoms with Crippen molar-refractivity contribution in [1.82, 2.24) is 0 Å². The molecule has 1 heterocycles. The van der Waals surface area contributed by atoms with Gasteiger partial charge in [0.1, 0.15) is 0 Å². The minimum atomic E-state index is 0.261. The van der Waals surface area contributed by atoms with Crippen LogP contribution in [0.5, 0.6) is 0 Å². The molecular weight excluding hydrogens is 142 g/mol. The smallest absolute Gasteiger partial charge is 0.0802 e. The Morgan fingerprint density at radius 3 is 2.55 bits per heavy atom. The summed E-state index contributed by atoms with van der Waals surface area (Å²) in [4.78, 5) is 0.